The summed E-state index contributed by atoms with van der Waals surface area (Å²) in [4.78, 5) is 10.5. The van der Waals surface area contributed by atoms with Crippen LogP contribution in [0.5, 0.6) is 0 Å². The van der Waals surface area contributed by atoms with Gasteiger partial charge in [-0.25, -0.2) is 10.2 Å². The highest BCUT2D eigenvalue weighted by Gasteiger charge is 2.23. The second-order valence-electron chi connectivity index (χ2n) is 3.86. The highest BCUT2D eigenvalue weighted by Crippen LogP contribution is 2.27. The van der Waals surface area contributed by atoms with Crippen LogP contribution < -0.4 is 5.43 Å². The fourth-order valence-electron chi connectivity index (χ4n) is 2.12. The third-order valence-corrected chi connectivity index (χ3v) is 2.79. The Hall–Kier alpha value is -1.23. The van der Waals surface area contributed by atoms with Crippen LogP contribution in [0.25, 0.3) is 0 Å². The SMILES string of the molecule is O=C(O)OC1=C2CCCCNN2CCC1. The maximum atomic E-state index is 10.5. The standard InChI is InChI=1S/C10H16N2O3/c13-10(14)15-9-5-3-7-12-8(9)4-1-2-6-11-12/h11H,1-7H2,(H,13,14). The van der Waals surface area contributed by atoms with Gasteiger partial charge in [-0.2, -0.15) is 0 Å². The Bertz CT molecular complexity index is 288. The average Bonchev–Trinajstić information content (AvgIpc) is 2.42. The van der Waals surface area contributed by atoms with Crippen molar-refractivity contribution in [1.29, 1.82) is 0 Å². The van der Waals surface area contributed by atoms with Crippen molar-refractivity contribution < 1.29 is 14.6 Å². The monoisotopic (exact) mass is 212 g/mol. The molecule has 84 valence electrons. The smallest absolute Gasteiger partial charge is 0.449 e. The molecule has 2 aliphatic rings. The molecular formula is C10H16N2O3. The molecule has 2 heterocycles. The van der Waals surface area contributed by atoms with Gasteiger partial charge in [0.2, 0.25) is 0 Å². The number of hydrogen-bond donors (Lipinski definition) is 2. The van der Waals surface area contributed by atoms with Gasteiger partial charge >= 0.3 is 6.16 Å². The van der Waals surface area contributed by atoms with Gasteiger partial charge < -0.3 is 14.9 Å². The summed E-state index contributed by atoms with van der Waals surface area (Å²) in [6, 6.07) is 0. The van der Waals surface area contributed by atoms with Gasteiger partial charge in [0, 0.05) is 19.5 Å². The highest BCUT2D eigenvalue weighted by atomic mass is 16.7. The molecule has 0 unspecified atom stereocenters. The molecule has 2 N–H and O–H groups in total. The van der Waals surface area contributed by atoms with E-state index in [1.165, 1.54) is 0 Å². The van der Waals surface area contributed by atoms with Crippen LogP contribution in [0.15, 0.2) is 11.5 Å². The molecule has 0 atom stereocenters. The van der Waals surface area contributed by atoms with Gasteiger partial charge in [0.15, 0.2) is 0 Å². The lowest BCUT2D eigenvalue weighted by Crippen LogP contribution is -2.40. The number of nitrogens with zero attached hydrogens (tertiary/aromatic N) is 1. The molecule has 0 aromatic heterocycles. The maximum Gasteiger partial charge on any atom is 0.511 e. The summed E-state index contributed by atoms with van der Waals surface area (Å²) in [6.07, 6.45) is 3.60. The maximum absolute atomic E-state index is 10.5. The van der Waals surface area contributed by atoms with Gasteiger partial charge in [-0.05, 0) is 25.7 Å². The Balaban J connectivity index is 2.18. The van der Waals surface area contributed by atoms with Crippen LogP contribution >= 0.6 is 0 Å². The molecule has 0 aromatic carbocycles. The van der Waals surface area contributed by atoms with E-state index in [2.05, 4.69) is 10.4 Å². The van der Waals surface area contributed by atoms with Crippen LogP contribution in [0.1, 0.15) is 32.1 Å². The highest BCUT2D eigenvalue weighted by molar-refractivity contribution is 5.58. The molecule has 0 radical (unpaired) electrons. The van der Waals surface area contributed by atoms with E-state index < -0.39 is 6.16 Å². The molecule has 0 bridgehead atoms. The normalized spacial score (nSPS) is 22.0. The summed E-state index contributed by atoms with van der Waals surface area (Å²) in [5, 5.41) is 10.7. The topological polar surface area (TPSA) is 61.8 Å². The van der Waals surface area contributed by atoms with Crippen molar-refractivity contribution in [3.05, 3.63) is 11.5 Å². The van der Waals surface area contributed by atoms with E-state index in [4.69, 9.17) is 9.84 Å². The molecule has 0 amide bonds. The number of hydrazine groups is 1. The number of fused-ring (bicyclic) bond motifs is 1. The van der Waals surface area contributed by atoms with E-state index in [-0.39, 0.29) is 0 Å². The van der Waals surface area contributed by atoms with Gasteiger partial charge in [-0.3, -0.25) is 0 Å². The minimum absolute atomic E-state index is 0.628. The van der Waals surface area contributed by atoms with Crippen molar-refractivity contribution in [1.82, 2.24) is 10.4 Å². The van der Waals surface area contributed by atoms with Crippen molar-refractivity contribution in [3.8, 4) is 0 Å². The lowest BCUT2D eigenvalue weighted by molar-refractivity contribution is 0.103. The lowest BCUT2D eigenvalue weighted by atomic mass is 10.1. The van der Waals surface area contributed by atoms with Crippen LogP contribution in [0.4, 0.5) is 4.79 Å². The van der Waals surface area contributed by atoms with Crippen molar-refractivity contribution in [3.63, 3.8) is 0 Å². The van der Waals surface area contributed by atoms with Gasteiger partial charge in [0.1, 0.15) is 5.76 Å². The molecule has 15 heavy (non-hydrogen) atoms. The van der Waals surface area contributed by atoms with Crippen molar-refractivity contribution in [2.24, 2.45) is 0 Å². The number of carbonyl (C=O) groups is 1. The molecule has 2 aliphatic heterocycles. The van der Waals surface area contributed by atoms with Crippen LogP contribution in [0.2, 0.25) is 0 Å². The van der Waals surface area contributed by atoms with E-state index in [0.29, 0.717) is 5.76 Å². The van der Waals surface area contributed by atoms with Crippen molar-refractivity contribution in [2.45, 2.75) is 32.1 Å². The van der Waals surface area contributed by atoms with Gasteiger partial charge in [0.05, 0.1) is 5.70 Å². The lowest BCUT2D eigenvalue weighted by Gasteiger charge is -2.31. The first-order valence-corrected chi connectivity index (χ1v) is 5.41. The number of rotatable bonds is 1. The summed E-state index contributed by atoms with van der Waals surface area (Å²) in [6.45, 7) is 1.91. The van der Waals surface area contributed by atoms with E-state index in [1.807, 2.05) is 0 Å². The third-order valence-electron chi connectivity index (χ3n) is 2.79. The Morgan fingerprint density at radius 2 is 2.20 bits per heavy atom. The zero-order valence-electron chi connectivity index (χ0n) is 8.66. The van der Waals surface area contributed by atoms with Gasteiger partial charge in [-0.1, -0.05) is 0 Å². The van der Waals surface area contributed by atoms with E-state index >= 15 is 0 Å². The number of allylic oxidation sites excluding steroid dienone is 2. The zero-order chi connectivity index (χ0) is 10.7. The molecule has 1 saturated heterocycles. The van der Waals surface area contributed by atoms with Gasteiger partial charge in [-0.15, -0.1) is 0 Å². The van der Waals surface area contributed by atoms with E-state index in [9.17, 15) is 4.79 Å². The Morgan fingerprint density at radius 3 is 3.00 bits per heavy atom. The fourth-order valence-corrected chi connectivity index (χ4v) is 2.12. The Morgan fingerprint density at radius 1 is 1.33 bits per heavy atom. The van der Waals surface area contributed by atoms with Crippen molar-refractivity contribution in [2.75, 3.05) is 13.1 Å². The minimum atomic E-state index is -1.21. The molecule has 1 fully saturated rings. The molecule has 0 saturated carbocycles. The Labute approximate surface area is 88.7 Å². The van der Waals surface area contributed by atoms with E-state index in [0.717, 1.165) is 50.9 Å². The first kappa shape index (κ1) is 10.3. The quantitative estimate of drug-likeness (QED) is 0.647. The molecular weight excluding hydrogens is 196 g/mol. The zero-order valence-corrected chi connectivity index (χ0v) is 8.66. The second kappa shape index (κ2) is 4.53. The van der Waals surface area contributed by atoms with Gasteiger partial charge in [0.25, 0.3) is 0 Å². The largest absolute Gasteiger partial charge is 0.511 e. The molecule has 0 aromatic rings. The molecule has 5 heteroatoms. The predicted molar refractivity (Wildman–Crippen MR) is 53.9 cm³/mol. The number of nitrogens with one attached hydrogen (secondary N) is 1. The van der Waals surface area contributed by atoms with Crippen LogP contribution in [-0.4, -0.2) is 29.4 Å². The van der Waals surface area contributed by atoms with Crippen LogP contribution in [0.3, 0.4) is 0 Å². The first-order valence-electron chi connectivity index (χ1n) is 5.41. The second-order valence-corrected chi connectivity index (χ2v) is 3.86. The Kier molecular flexibility index (Phi) is 3.11. The summed E-state index contributed by atoms with van der Waals surface area (Å²) in [7, 11) is 0. The molecule has 0 aliphatic carbocycles. The molecule has 0 spiro atoms. The molecule has 2 rings (SSSR count). The van der Waals surface area contributed by atoms with Crippen molar-refractivity contribution >= 4 is 6.16 Å². The molecule has 5 nitrogen and oxygen atoms in total. The fraction of sp³-hybridized carbons (Fsp3) is 0.700. The summed E-state index contributed by atoms with van der Waals surface area (Å²) >= 11 is 0. The summed E-state index contributed by atoms with van der Waals surface area (Å²) in [5.74, 6) is 0.628. The minimum Gasteiger partial charge on any atom is -0.449 e. The number of ether oxygens (including phenoxy) is 1. The predicted octanol–water partition coefficient (Wildman–Crippen LogP) is 1.68. The van der Waals surface area contributed by atoms with E-state index in [1.54, 1.807) is 0 Å². The number of carboxylic acid groups (broad SMARTS) is 1. The third kappa shape index (κ3) is 2.41. The number of hydrogen-bond acceptors (Lipinski definition) is 4. The van der Waals surface area contributed by atoms with Crippen LogP contribution in [0, 0.1) is 0 Å². The summed E-state index contributed by atoms with van der Waals surface area (Å²) < 4.78 is 4.83. The van der Waals surface area contributed by atoms with Crippen LogP contribution in [-0.2, 0) is 4.74 Å². The average molecular weight is 212 g/mol. The first-order chi connectivity index (χ1) is 7.27. The summed E-state index contributed by atoms with van der Waals surface area (Å²) in [5.41, 5.74) is 4.32.